The molecule has 3 nitrogen and oxygen atoms in total. The summed E-state index contributed by atoms with van der Waals surface area (Å²) in [5, 5.41) is 9.99. The molecule has 0 radical (unpaired) electrons. The van der Waals surface area contributed by atoms with Gasteiger partial charge in [-0.05, 0) is 0 Å². The molecule has 0 aliphatic carbocycles. The van der Waals surface area contributed by atoms with E-state index in [0.717, 1.165) is 0 Å². The van der Waals surface area contributed by atoms with Gasteiger partial charge < -0.3 is 5.21 Å². The number of rotatable bonds is 2. The fraction of sp³-hybridized carbons (Fsp3) is 0.333. The standard InChI is InChI=1S/C3H3ClINO2/c4-3(6-8)2(7)1-5/h8H,1H2/b6-3-. The van der Waals surface area contributed by atoms with E-state index in [1.807, 2.05) is 22.6 Å². The Morgan fingerprint density at radius 2 is 2.38 bits per heavy atom. The molecular weight excluding hydrogens is 244 g/mol. The fourth-order valence-corrected chi connectivity index (χ4v) is 0.764. The van der Waals surface area contributed by atoms with Gasteiger partial charge in [-0.25, -0.2) is 0 Å². The highest BCUT2D eigenvalue weighted by Crippen LogP contribution is 1.91. The van der Waals surface area contributed by atoms with Crippen LogP contribution in [0.4, 0.5) is 0 Å². The van der Waals surface area contributed by atoms with Crippen molar-refractivity contribution in [3.8, 4) is 0 Å². The first-order valence-corrected chi connectivity index (χ1v) is 3.59. The summed E-state index contributed by atoms with van der Waals surface area (Å²) in [5.74, 6) is -0.366. The second-order valence-electron chi connectivity index (χ2n) is 0.948. The third-order valence-corrected chi connectivity index (χ3v) is 1.42. The Morgan fingerprint density at radius 3 is 2.50 bits per heavy atom. The molecule has 0 bridgehead atoms. The predicted octanol–water partition coefficient (Wildman–Crippen LogP) is 1.02. The van der Waals surface area contributed by atoms with Crippen molar-refractivity contribution in [2.45, 2.75) is 0 Å². The number of hydrogen-bond donors (Lipinski definition) is 1. The van der Waals surface area contributed by atoms with Gasteiger partial charge in [-0.2, -0.15) is 0 Å². The minimum atomic E-state index is -0.366. The smallest absolute Gasteiger partial charge is 0.212 e. The number of carbonyl (C=O) groups is 1. The first-order valence-electron chi connectivity index (χ1n) is 1.69. The number of halogens is 2. The average Bonchev–Trinajstić information content (AvgIpc) is 1.84. The van der Waals surface area contributed by atoms with Crippen LogP contribution in [0.5, 0.6) is 0 Å². The van der Waals surface area contributed by atoms with Crippen molar-refractivity contribution in [2.24, 2.45) is 5.16 Å². The van der Waals surface area contributed by atoms with Gasteiger partial charge in [-0.3, -0.25) is 4.79 Å². The van der Waals surface area contributed by atoms with Crippen molar-refractivity contribution in [3.63, 3.8) is 0 Å². The van der Waals surface area contributed by atoms with E-state index in [9.17, 15) is 4.79 Å². The predicted molar refractivity (Wildman–Crippen MR) is 39.0 cm³/mol. The van der Waals surface area contributed by atoms with E-state index >= 15 is 0 Å². The molecule has 0 aromatic carbocycles. The van der Waals surface area contributed by atoms with Gasteiger partial charge in [0.15, 0.2) is 0 Å². The molecular formula is C3H3ClINO2. The van der Waals surface area contributed by atoms with E-state index in [-0.39, 0.29) is 15.4 Å². The van der Waals surface area contributed by atoms with Crippen molar-refractivity contribution >= 4 is 45.1 Å². The first-order chi connectivity index (χ1) is 3.72. The van der Waals surface area contributed by atoms with Crippen molar-refractivity contribution in [1.29, 1.82) is 0 Å². The first kappa shape index (κ1) is 8.16. The van der Waals surface area contributed by atoms with Crippen LogP contribution in [0.15, 0.2) is 5.16 Å². The molecule has 0 saturated carbocycles. The van der Waals surface area contributed by atoms with E-state index in [4.69, 9.17) is 16.8 Å². The number of oxime groups is 1. The highest BCUT2D eigenvalue weighted by Gasteiger charge is 2.04. The number of ketones is 1. The highest BCUT2D eigenvalue weighted by molar-refractivity contribution is 14.1. The normalized spacial score (nSPS) is 11.5. The molecule has 0 unspecified atom stereocenters. The zero-order valence-electron chi connectivity index (χ0n) is 3.77. The SMILES string of the molecule is O=C(CI)/C(Cl)=N/O. The van der Waals surface area contributed by atoms with E-state index in [0.29, 0.717) is 0 Å². The van der Waals surface area contributed by atoms with Crippen molar-refractivity contribution in [3.05, 3.63) is 0 Å². The summed E-state index contributed by atoms with van der Waals surface area (Å²) in [5.41, 5.74) is 0. The Bertz CT molecular complexity index is 124. The van der Waals surface area contributed by atoms with Gasteiger partial charge in [-0.15, -0.1) is 0 Å². The molecule has 0 heterocycles. The lowest BCUT2D eigenvalue weighted by atomic mass is 10.5. The second kappa shape index (κ2) is 4.08. The summed E-state index contributed by atoms with van der Waals surface area (Å²) in [6.07, 6.45) is 0. The van der Waals surface area contributed by atoms with Crippen LogP contribution in [0.3, 0.4) is 0 Å². The highest BCUT2D eigenvalue weighted by atomic mass is 127. The second-order valence-corrected chi connectivity index (χ2v) is 2.07. The fourth-order valence-electron chi connectivity index (χ4n) is 0.111. The molecule has 0 fully saturated rings. The lowest BCUT2D eigenvalue weighted by Gasteiger charge is -1.84. The molecule has 0 amide bonds. The molecule has 1 N–H and O–H groups in total. The van der Waals surface area contributed by atoms with E-state index in [2.05, 4.69) is 5.16 Å². The Hall–Kier alpha value is 0.160. The summed E-state index contributed by atoms with van der Waals surface area (Å²) < 4.78 is 0.237. The molecule has 5 heteroatoms. The van der Waals surface area contributed by atoms with Gasteiger partial charge in [0.1, 0.15) is 0 Å². The van der Waals surface area contributed by atoms with Gasteiger partial charge in [0, 0.05) is 0 Å². The zero-order chi connectivity index (χ0) is 6.57. The minimum Gasteiger partial charge on any atom is -0.410 e. The Kier molecular flexibility index (Phi) is 4.16. The quantitative estimate of drug-likeness (QED) is 0.260. The van der Waals surface area contributed by atoms with Crippen LogP contribution in [-0.4, -0.2) is 20.6 Å². The summed E-state index contributed by atoms with van der Waals surface area (Å²) in [6, 6.07) is 0. The lowest BCUT2D eigenvalue weighted by molar-refractivity contribution is -0.110. The number of hydrogen-bond acceptors (Lipinski definition) is 3. The maximum Gasteiger partial charge on any atom is 0.212 e. The molecule has 0 aliphatic rings. The van der Waals surface area contributed by atoms with Gasteiger partial charge in [0.25, 0.3) is 0 Å². The Labute approximate surface area is 64.8 Å². The topological polar surface area (TPSA) is 49.7 Å². The molecule has 0 saturated heterocycles. The number of nitrogens with zero attached hydrogens (tertiary/aromatic N) is 1. The molecule has 0 aliphatic heterocycles. The summed E-state index contributed by atoms with van der Waals surface area (Å²) in [7, 11) is 0. The summed E-state index contributed by atoms with van der Waals surface area (Å²) in [6.45, 7) is 0. The Balaban J connectivity index is 3.83. The van der Waals surface area contributed by atoms with E-state index in [1.54, 1.807) is 0 Å². The van der Waals surface area contributed by atoms with Crippen LogP contribution in [0.2, 0.25) is 0 Å². The summed E-state index contributed by atoms with van der Waals surface area (Å²) >= 11 is 6.89. The van der Waals surface area contributed by atoms with Crippen LogP contribution in [0.1, 0.15) is 0 Å². The van der Waals surface area contributed by atoms with Gasteiger partial charge >= 0.3 is 0 Å². The van der Waals surface area contributed by atoms with Gasteiger partial charge in [-0.1, -0.05) is 39.3 Å². The number of carbonyl (C=O) groups excluding carboxylic acids is 1. The zero-order valence-corrected chi connectivity index (χ0v) is 6.68. The average molecular weight is 247 g/mol. The largest absolute Gasteiger partial charge is 0.410 e. The van der Waals surface area contributed by atoms with Crippen LogP contribution in [-0.2, 0) is 4.79 Å². The third-order valence-electron chi connectivity index (χ3n) is 0.439. The molecule has 0 spiro atoms. The molecule has 0 aromatic heterocycles. The maximum absolute atomic E-state index is 10.3. The van der Waals surface area contributed by atoms with Crippen LogP contribution >= 0.6 is 34.2 Å². The number of Topliss-reactive ketones (excluding diaryl/α,β-unsaturated/α-hetero) is 1. The van der Waals surface area contributed by atoms with Crippen LogP contribution in [0, 0.1) is 0 Å². The van der Waals surface area contributed by atoms with Crippen molar-refractivity contribution in [1.82, 2.24) is 0 Å². The molecule has 46 valence electrons. The van der Waals surface area contributed by atoms with E-state index < -0.39 is 0 Å². The third kappa shape index (κ3) is 2.46. The monoisotopic (exact) mass is 247 g/mol. The molecule has 0 atom stereocenters. The lowest BCUT2D eigenvalue weighted by Crippen LogP contribution is -2.07. The molecule has 8 heavy (non-hydrogen) atoms. The Morgan fingerprint density at radius 1 is 1.88 bits per heavy atom. The van der Waals surface area contributed by atoms with Crippen LogP contribution < -0.4 is 0 Å². The maximum atomic E-state index is 10.3. The van der Waals surface area contributed by atoms with Gasteiger partial charge in [0.05, 0.1) is 4.43 Å². The van der Waals surface area contributed by atoms with Crippen LogP contribution in [0.25, 0.3) is 0 Å². The van der Waals surface area contributed by atoms with Crippen molar-refractivity contribution < 1.29 is 10.0 Å². The van der Waals surface area contributed by atoms with Crippen molar-refractivity contribution in [2.75, 3.05) is 4.43 Å². The molecule has 0 rings (SSSR count). The van der Waals surface area contributed by atoms with Gasteiger partial charge in [0.2, 0.25) is 11.0 Å². The molecule has 0 aromatic rings. The minimum absolute atomic E-state index is 0.237. The number of alkyl halides is 1. The summed E-state index contributed by atoms with van der Waals surface area (Å²) in [4.78, 5) is 10.3. The van der Waals surface area contributed by atoms with E-state index in [1.165, 1.54) is 0 Å².